The number of ketones is 1. The average molecular weight is 411 g/mol. The minimum atomic E-state index is -0.175. The maximum atomic E-state index is 13.0. The number of carbonyl (C=O) groups is 1. The van der Waals surface area contributed by atoms with Crippen LogP contribution in [0.15, 0.2) is 30.0 Å². The molecule has 0 saturated carbocycles. The van der Waals surface area contributed by atoms with Crippen LogP contribution >= 0.6 is 0 Å². The molecule has 4 rings (SSSR count). The lowest BCUT2D eigenvalue weighted by Gasteiger charge is -2.32. The van der Waals surface area contributed by atoms with Gasteiger partial charge >= 0.3 is 0 Å². The lowest BCUT2D eigenvalue weighted by Crippen LogP contribution is -2.37. The Hall–Kier alpha value is -3.19. The van der Waals surface area contributed by atoms with E-state index < -0.39 is 0 Å². The zero-order valence-electron chi connectivity index (χ0n) is 17.8. The molecule has 0 spiro atoms. The van der Waals surface area contributed by atoms with Gasteiger partial charge in [0.05, 0.1) is 32.5 Å². The molecule has 0 fully saturated rings. The van der Waals surface area contributed by atoms with E-state index in [0.717, 1.165) is 11.3 Å². The predicted molar refractivity (Wildman–Crippen MR) is 112 cm³/mol. The highest BCUT2D eigenvalue weighted by Crippen LogP contribution is 2.44. The number of fused-ring (bicyclic) bond motifs is 3. The molecule has 0 aromatic heterocycles. The molecule has 0 amide bonds. The van der Waals surface area contributed by atoms with Crippen LogP contribution in [0, 0.1) is 0 Å². The van der Waals surface area contributed by atoms with Gasteiger partial charge in [-0.05, 0) is 44.2 Å². The largest absolute Gasteiger partial charge is 0.493 e. The summed E-state index contributed by atoms with van der Waals surface area (Å²) >= 11 is 0. The number of Topliss-reactive ketones (excluding diaryl/α,β-unsaturated/α-hetero) is 1. The van der Waals surface area contributed by atoms with Gasteiger partial charge in [0, 0.05) is 18.2 Å². The molecule has 2 aliphatic rings. The van der Waals surface area contributed by atoms with E-state index in [9.17, 15) is 4.79 Å². The van der Waals surface area contributed by atoms with Crippen LogP contribution in [0.3, 0.4) is 0 Å². The third-order valence-corrected chi connectivity index (χ3v) is 5.40. The summed E-state index contributed by atoms with van der Waals surface area (Å²) in [6, 6.07) is 7.47. The molecule has 30 heavy (non-hydrogen) atoms. The Morgan fingerprint density at radius 3 is 2.47 bits per heavy atom. The van der Waals surface area contributed by atoms with Gasteiger partial charge in [-0.2, -0.15) is 0 Å². The first kappa shape index (κ1) is 20.1. The zero-order chi connectivity index (χ0) is 21.4. The maximum Gasteiger partial charge on any atom is 0.231 e. The summed E-state index contributed by atoms with van der Waals surface area (Å²) in [5.41, 5.74) is 2.08. The first-order valence-corrected chi connectivity index (χ1v) is 9.74. The van der Waals surface area contributed by atoms with E-state index in [1.54, 1.807) is 38.5 Å². The second kappa shape index (κ2) is 7.91. The van der Waals surface area contributed by atoms with Crippen molar-refractivity contribution in [3.8, 4) is 28.7 Å². The Labute approximate surface area is 175 Å². The molecular formula is C23H25NO6. The SMILES string of the molecule is COc1ccc(/C=C2\Oc3c(ccc4c3CN(C(C)C)CO4)C2=O)c(OC)c1OC. The number of ether oxygens (including phenoxy) is 5. The third kappa shape index (κ3) is 3.25. The highest BCUT2D eigenvalue weighted by molar-refractivity contribution is 6.15. The first-order chi connectivity index (χ1) is 14.5. The molecule has 0 unspecified atom stereocenters. The van der Waals surface area contributed by atoms with E-state index in [-0.39, 0.29) is 11.5 Å². The van der Waals surface area contributed by atoms with E-state index in [2.05, 4.69) is 18.7 Å². The molecule has 2 aromatic rings. The molecule has 0 aliphatic carbocycles. The van der Waals surface area contributed by atoms with Gasteiger partial charge in [-0.3, -0.25) is 9.69 Å². The molecule has 2 aromatic carbocycles. The van der Waals surface area contributed by atoms with Gasteiger partial charge in [0.2, 0.25) is 11.5 Å². The van der Waals surface area contributed by atoms with Gasteiger partial charge in [0.15, 0.2) is 17.3 Å². The van der Waals surface area contributed by atoms with Gasteiger partial charge in [-0.1, -0.05) is 0 Å². The quantitative estimate of drug-likeness (QED) is 0.692. The smallest absolute Gasteiger partial charge is 0.231 e. The summed E-state index contributed by atoms with van der Waals surface area (Å²) < 4.78 is 28.2. The topological polar surface area (TPSA) is 66.5 Å². The predicted octanol–water partition coefficient (Wildman–Crippen LogP) is 3.89. The maximum absolute atomic E-state index is 13.0. The van der Waals surface area contributed by atoms with Crippen molar-refractivity contribution >= 4 is 11.9 Å². The zero-order valence-corrected chi connectivity index (χ0v) is 17.8. The van der Waals surface area contributed by atoms with Crippen LogP contribution in [-0.2, 0) is 6.54 Å². The highest BCUT2D eigenvalue weighted by atomic mass is 16.5. The number of rotatable bonds is 5. The Bertz CT molecular complexity index is 1030. The van der Waals surface area contributed by atoms with Crippen LogP contribution in [0.4, 0.5) is 0 Å². The van der Waals surface area contributed by atoms with Crippen LogP contribution in [-0.4, -0.2) is 44.8 Å². The number of methoxy groups -OCH3 is 3. The van der Waals surface area contributed by atoms with Crippen molar-refractivity contribution in [1.29, 1.82) is 0 Å². The molecule has 7 heteroatoms. The molecule has 2 aliphatic heterocycles. The standard InChI is InChI=1S/C23H25NO6/c1-13(2)24-11-16-17(29-12-24)9-7-15-20(25)19(30-22(15)16)10-14-6-8-18(26-3)23(28-5)21(14)27-4/h6-10,13H,11-12H2,1-5H3/b19-10-. The molecule has 2 heterocycles. The fourth-order valence-electron chi connectivity index (χ4n) is 3.69. The molecular weight excluding hydrogens is 386 g/mol. The van der Waals surface area contributed by atoms with Crippen molar-refractivity contribution in [2.24, 2.45) is 0 Å². The van der Waals surface area contributed by atoms with E-state index in [1.807, 2.05) is 6.07 Å². The van der Waals surface area contributed by atoms with Crippen molar-refractivity contribution in [1.82, 2.24) is 4.90 Å². The number of nitrogens with zero attached hydrogens (tertiary/aromatic N) is 1. The second-order valence-electron chi connectivity index (χ2n) is 7.40. The van der Waals surface area contributed by atoms with Crippen molar-refractivity contribution in [3.63, 3.8) is 0 Å². The lowest BCUT2D eigenvalue weighted by molar-refractivity contribution is 0.0674. The Balaban J connectivity index is 1.74. The average Bonchev–Trinajstić information content (AvgIpc) is 3.08. The monoisotopic (exact) mass is 411 g/mol. The van der Waals surface area contributed by atoms with Crippen molar-refractivity contribution in [2.75, 3.05) is 28.1 Å². The summed E-state index contributed by atoms with van der Waals surface area (Å²) in [5, 5.41) is 0. The van der Waals surface area contributed by atoms with Crippen molar-refractivity contribution < 1.29 is 28.5 Å². The summed E-state index contributed by atoms with van der Waals surface area (Å²) in [5.74, 6) is 2.83. The van der Waals surface area contributed by atoms with Crippen molar-refractivity contribution in [3.05, 3.63) is 46.7 Å². The van der Waals surface area contributed by atoms with Crippen LogP contribution in [0.5, 0.6) is 28.7 Å². The molecule has 0 saturated heterocycles. The fourth-order valence-corrected chi connectivity index (χ4v) is 3.69. The summed E-state index contributed by atoms with van der Waals surface area (Å²) in [4.78, 5) is 15.2. The molecule has 7 nitrogen and oxygen atoms in total. The fraction of sp³-hybridized carbons (Fsp3) is 0.348. The van der Waals surface area contributed by atoms with Gasteiger partial charge in [0.25, 0.3) is 0 Å². The van der Waals surface area contributed by atoms with Crippen LogP contribution in [0.1, 0.15) is 35.3 Å². The minimum Gasteiger partial charge on any atom is -0.493 e. The highest BCUT2D eigenvalue weighted by Gasteiger charge is 2.34. The minimum absolute atomic E-state index is 0.175. The summed E-state index contributed by atoms with van der Waals surface area (Å²) in [7, 11) is 4.64. The molecule has 0 radical (unpaired) electrons. The first-order valence-electron chi connectivity index (χ1n) is 9.74. The van der Waals surface area contributed by atoms with Crippen LogP contribution in [0.2, 0.25) is 0 Å². The van der Waals surface area contributed by atoms with Gasteiger partial charge < -0.3 is 23.7 Å². The number of hydrogen-bond donors (Lipinski definition) is 0. The van der Waals surface area contributed by atoms with Gasteiger partial charge in [0.1, 0.15) is 18.2 Å². The Morgan fingerprint density at radius 1 is 1.03 bits per heavy atom. The number of benzene rings is 2. The van der Waals surface area contributed by atoms with E-state index >= 15 is 0 Å². The lowest BCUT2D eigenvalue weighted by atomic mass is 10.0. The van der Waals surface area contributed by atoms with E-state index in [1.165, 1.54) is 7.11 Å². The number of hydrogen-bond acceptors (Lipinski definition) is 7. The Morgan fingerprint density at radius 2 is 1.80 bits per heavy atom. The van der Waals surface area contributed by atoms with Crippen LogP contribution < -0.4 is 23.7 Å². The Kier molecular flexibility index (Phi) is 5.30. The summed E-state index contributed by atoms with van der Waals surface area (Å²) in [6.07, 6.45) is 1.67. The molecule has 158 valence electrons. The van der Waals surface area contributed by atoms with Gasteiger partial charge in [-0.25, -0.2) is 0 Å². The van der Waals surface area contributed by atoms with E-state index in [4.69, 9.17) is 23.7 Å². The van der Waals surface area contributed by atoms with E-state index in [0.29, 0.717) is 53.4 Å². The second-order valence-corrected chi connectivity index (χ2v) is 7.40. The number of carbonyl (C=O) groups excluding carboxylic acids is 1. The normalized spacial score (nSPS) is 16.7. The third-order valence-electron chi connectivity index (χ3n) is 5.40. The van der Waals surface area contributed by atoms with Crippen LogP contribution in [0.25, 0.3) is 6.08 Å². The molecule has 0 N–H and O–H groups in total. The van der Waals surface area contributed by atoms with Crippen molar-refractivity contribution in [2.45, 2.75) is 26.4 Å². The van der Waals surface area contributed by atoms with Gasteiger partial charge in [-0.15, -0.1) is 0 Å². The number of allylic oxidation sites excluding steroid dienone is 1. The molecule has 0 atom stereocenters. The molecule has 0 bridgehead atoms. The summed E-state index contributed by atoms with van der Waals surface area (Å²) in [6.45, 7) is 5.40.